The lowest BCUT2D eigenvalue weighted by Gasteiger charge is -2.38. The van der Waals surface area contributed by atoms with Crippen LogP contribution in [0.3, 0.4) is 0 Å². The van der Waals surface area contributed by atoms with E-state index in [0.717, 1.165) is 34.6 Å². The van der Waals surface area contributed by atoms with Crippen molar-refractivity contribution in [1.29, 1.82) is 0 Å². The van der Waals surface area contributed by atoms with E-state index in [4.69, 9.17) is 37.8 Å². The number of ether oxygens (including phenoxy) is 2. The molecule has 146 valence electrons. The van der Waals surface area contributed by atoms with E-state index in [1.807, 2.05) is 41.4 Å². The van der Waals surface area contributed by atoms with Crippen LogP contribution >= 0.6 is 23.2 Å². The summed E-state index contributed by atoms with van der Waals surface area (Å²) in [5.74, 6) is 1.41. The van der Waals surface area contributed by atoms with Gasteiger partial charge in [0.05, 0.1) is 29.4 Å². The molecule has 0 unspecified atom stereocenters. The third-order valence-electron chi connectivity index (χ3n) is 5.33. The summed E-state index contributed by atoms with van der Waals surface area (Å²) in [7, 11) is 1.60. The second-order valence-electron chi connectivity index (χ2n) is 7.02. The highest BCUT2D eigenvalue weighted by molar-refractivity contribution is 6.35. The molecule has 0 bridgehead atoms. The lowest BCUT2D eigenvalue weighted by molar-refractivity contribution is -0.0202. The zero-order chi connectivity index (χ0) is 20.0. The first-order valence-corrected chi connectivity index (χ1v) is 10.1. The fourth-order valence-electron chi connectivity index (χ4n) is 4.00. The Balaban J connectivity index is 1.66. The van der Waals surface area contributed by atoms with Gasteiger partial charge in [-0.25, -0.2) is 5.01 Å². The van der Waals surface area contributed by atoms with Crippen LogP contribution in [0.5, 0.6) is 11.5 Å². The van der Waals surface area contributed by atoms with Crippen molar-refractivity contribution in [2.24, 2.45) is 5.10 Å². The maximum Gasteiger partial charge on any atom is 0.218 e. The van der Waals surface area contributed by atoms with Crippen LogP contribution in [0.1, 0.15) is 35.4 Å². The molecule has 2 aliphatic rings. The van der Waals surface area contributed by atoms with Crippen LogP contribution in [0.25, 0.3) is 0 Å². The maximum atomic E-state index is 6.60. The Morgan fingerprint density at radius 3 is 2.59 bits per heavy atom. The van der Waals surface area contributed by atoms with Crippen LogP contribution in [0.15, 0.2) is 71.8 Å². The lowest BCUT2D eigenvalue weighted by Crippen LogP contribution is -2.34. The van der Waals surface area contributed by atoms with Gasteiger partial charge in [0.25, 0.3) is 0 Å². The average molecular weight is 425 g/mol. The van der Waals surface area contributed by atoms with Crippen LogP contribution in [0, 0.1) is 0 Å². The minimum atomic E-state index is -0.518. The first-order valence-electron chi connectivity index (χ1n) is 9.35. The average Bonchev–Trinajstić information content (AvgIpc) is 3.19. The smallest absolute Gasteiger partial charge is 0.218 e. The van der Waals surface area contributed by atoms with Gasteiger partial charge in [-0.3, -0.25) is 0 Å². The van der Waals surface area contributed by atoms with Gasteiger partial charge in [0.15, 0.2) is 0 Å². The molecule has 2 atom stereocenters. The molecule has 29 heavy (non-hydrogen) atoms. The van der Waals surface area contributed by atoms with Crippen molar-refractivity contribution in [3.63, 3.8) is 0 Å². The Morgan fingerprint density at radius 1 is 1.03 bits per heavy atom. The van der Waals surface area contributed by atoms with Gasteiger partial charge in [-0.15, -0.1) is 0 Å². The molecule has 0 saturated carbocycles. The third kappa shape index (κ3) is 3.13. The van der Waals surface area contributed by atoms with Gasteiger partial charge in [0, 0.05) is 17.0 Å². The number of rotatable bonds is 3. The molecular weight excluding hydrogens is 407 g/mol. The van der Waals surface area contributed by atoms with Gasteiger partial charge < -0.3 is 9.47 Å². The molecule has 0 amide bonds. The van der Waals surface area contributed by atoms with E-state index >= 15 is 0 Å². The van der Waals surface area contributed by atoms with E-state index in [1.165, 1.54) is 0 Å². The van der Waals surface area contributed by atoms with Gasteiger partial charge in [-0.2, -0.15) is 5.10 Å². The number of hydrogen-bond acceptors (Lipinski definition) is 4. The zero-order valence-electron chi connectivity index (χ0n) is 15.7. The molecule has 3 aromatic rings. The van der Waals surface area contributed by atoms with Crippen LogP contribution in [-0.2, 0) is 0 Å². The molecule has 2 heterocycles. The highest BCUT2D eigenvalue weighted by Gasteiger charge is 2.42. The van der Waals surface area contributed by atoms with Crippen LogP contribution in [0.2, 0.25) is 10.0 Å². The van der Waals surface area contributed by atoms with Crippen molar-refractivity contribution >= 4 is 28.9 Å². The minimum Gasteiger partial charge on any atom is -0.496 e. The van der Waals surface area contributed by atoms with Crippen molar-refractivity contribution in [3.8, 4) is 11.5 Å². The number of para-hydroxylation sites is 1. The molecule has 0 N–H and O–H groups in total. The van der Waals surface area contributed by atoms with Gasteiger partial charge in [0.1, 0.15) is 11.5 Å². The van der Waals surface area contributed by atoms with Crippen molar-refractivity contribution in [2.75, 3.05) is 7.11 Å². The summed E-state index contributed by atoms with van der Waals surface area (Å²) in [5.41, 5.74) is 3.95. The second-order valence-corrected chi connectivity index (χ2v) is 7.87. The molecule has 0 aliphatic carbocycles. The normalized spacial score (nSPS) is 19.8. The summed E-state index contributed by atoms with van der Waals surface area (Å²) in [6.07, 6.45) is 0.268. The monoisotopic (exact) mass is 424 g/mol. The topological polar surface area (TPSA) is 34.1 Å². The fraction of sp³-hybridized carbons (Fsp3) is 0.174. The van der Waals surface area contributed by atoms with Crippen LogP contribution < -0.4 is 9.47 Å². The van der Waals surface area contributed by atoms with Crippen molar-refractivity contribution in [1.82, 2.24) is 5.01 Å². The minimum absolute atomic E-state index is 0.0524. The quantitative estimate of drug-likeness (QED) is 0.498. The highest BCUT2D eigenvalue weighted by Crippen LogP contribution is 2.50. The van der Waals surface area contributed by atoms with Crippen molar-refractivity contribution < 1.29 is 9.47 Å². The maximum absolute atomic E-state index is 6.60. The number of nitrogens with zero attached hydrogens (tertiary/aromatic N) is 2. The molecule has 0 radical (unpaired) electrons. The van der Waals surface area contributed by atoms with Gasteiger partial charge in [-0.1, -0.05) is 71.7 Å². The van der Waals surface area contributed by atoms with E-state index in [2.05, 4.69) is 18.2 Å². The first kappa shape index (κ1) is 18.3. The van der Waals surface area contributed by atoms with E-state index in [-0.39, 0.29) is 6.04 Å². The van der Waals surface area contributed by atoms with Crippen LogP contribution in [-0.4, -0.2) is 17.8 Å². The Morgan fingerprint density at radius 2 is 1.79 bits per heavy atom. The second kappa shape index (κ2) is 7.29. The number of halogens is 2. The standard InChI is InChI=1S/C23H18Cl2N2O2/c1-28-21-12-15(24)11-17(25)22(21)23-27-19(16-9-5-6-10-20(16)29-23)13-18(26-27)14-7-3-2-4-8-14/h2-12,19,23H,13H2,1H3/t19-,23+/m0/s1. The molecule has 4 nitrogen and oxygen atoms in total. The molecule has 3 aromatic carbocycles. The van der Waals surface area contributed by atoms with E-state index in [0.29, 0.717) is 15.8 Å². The number of hydrazone groups is 1. The SMILES string of the molecule is COc1cc(Cl)cc(Cl)c1[C@H]1Oc2ccccc2[C@@H]2CC(c3ccccc3)=NN12. The molecule has 0 aromatic heterocycles. The van der Waals surface area contributed by atoms with Gasteiger partial charge in [-0.05, 0) is 23.8 Å². The molecule has 5 rings (SSSR count). The summed E-state index contributed by atoms with van der Waals surface area (Å²) < 4.78 is 12.0. The highest BCUT2D eigenvalue weighted by atomic mass is 35.5. The predicted molar refractivity (Wildman–Crippen MR) is 115 cm³/mol. The van der Waals surface area contributed by atoms with Gasteiger partial charge in [0.2, 0.25) is 6.23 Å². The van der Waals surface area contributed by atoms with E-state index in [1.54, 1.807) is 19.2 Å². The summed E-state index contributed by atoms with van der Waals surface area (Å²) in [5, 5.41) is 7.94. The van der Waals surface area contributed by atoms with Crippen molar-refractivity contribution in [2.45, 2.75) is 18.7 Å². The Bertz CT molecular complexity index is 1100. The molecule has 6 heteroatoms. The molecule has 0 saturated heterocycles. The Labute approximate surface area is 179 Å². The van der Waals surface area contributed by atoms with E-state index in [9.17, 15) is 0 Å². The number of benzene rings is 3. The molecule has 0 spiro atoms. The third-order valence-corrected chi connectivity index (χ3v) is 5.86. The van der Waals surface area contributed by atoms with E-state index < -0.39 is 6.23 Å². The summed E-state index contributed by atoms with van der Waals surface area (Å²) in [4.78, 5) is 0. The lowest BCUT2D eigenvalue weighted by atomic mass is 9.96. The zero-order valence-corrected chi connectivity index (χ0v) is 17.2. The molecule has 0 fully saturated rings. The summed E-state index contributed by atoms with van der Waals surface area (Å²) in [6.45, 7) is 0. The van der Waals surface area contributed by atoms with Crippen LogP contribution in [0.4, 0.5) is 0 Å². The summed E-state index contributed by atoms with van der Waals surface area (Å²) >= 11 is 12.8. The number of fused-ring (bicyclic) bond motifs is 3. The Kier molecular flexibility index (Phi) is 4.61. The number of hydrogen-bond donors (Lipinski definition) is 0. The molecule has 2 aliphatic heterocycles. The Hall–Kier alpha value is -2.69. The predicted octanol–water partition coefficient (Wildman–Crippen LogP) is 6.24. The fourth-order valence-corrected chi connectivity index (χ4v) is 4.57. The molecular formula is C23H18Cl2N2O2. The largest absolute Gasteiger partial charge is 0.496 e. The summed E-state index contributed by atoms with van der Waals surface area (Å²) in [6, 6.07) is 21.8. The van der Waals surface area contributed by atoms with Crippen molar-refractivity contribution in [3.05, 3.63) is 93.5 Å². The van der Waals surface area contributed by atoms with Gasteiger partial charge >= 0.3 is 0 Å². The number of methoxy groups -OCH3 is 1. The first-order chi connectivity index (χ1) is 14.2.